The molecule has 0 saturated carbocycles. The first-order valence-corrected chi connectivity index (χ1v) is 7.25. The standard InChI is InChI=1S/C14H10N2O3S/c17-20(18,13-4-2-7-15-10-13)19-12-5-6-14-11(9-12)3-1-8-16-14/h1-10H. The van der Waals surface area contributed by atoms with Gasteiger partial charge in [0.05, 0.1) is 5.52 Å². The second kappa shape index (κ2) is 4.90. The molecular weight excluding hydrogens is 276 g/mol. The van der Waals surface area contributed by atoms with Crippen molar-refractivity contribution in [1.82, 2.24) is 9.97 Å². The number of aromatic nitrogens is 2. The second-order valence-electron chi connectivity index (χ2n) is 4.08. The molecule has 0 radical (unpaired) electrons. The van der Waals surface area contributed by atoms with Crippen molar-refractivity contribution < 1.29 is 12.6 Å². The smallest absolute Gasteiger partial charge is 0.340 e. The van der Waals surface area contributed by atoms with Crippen molar-refractivity contribution in [3.63, 3.8) is 0 Å². The zero-order valence-corrected chi connectivity index (χ0v) is 11.1. The number of hydrogen-bond donors (Lipinski definition) is 0. The van der Waals surface area contributed by atoms with Gasteiger partial charge < -0.3 is 4.18 Å². The normalized spacial score (nSPS) is 11.4. The predicted octanol–water partition coefficient (Wildman–Crippen LogP) is 2.40. The fourth-order valence-electron chi connectivity index (χ4n) is 1.78. The Hall–Kier alpha value is -2.47. The summed E-state index contributed by atoms with van der Waals surface area (Å²) in [6.45, 7) is 0. The van der Waals surface area contributed by atoms with Crippen LogP contribution in [0.4, 0.5) is 0 Å². The Morgan fingerprint density at radius 2 is 1.85 bits per heavy atom. The van der Waals surface area contributed by atoms with Crippen molar-refractivity contribution in [1.29, 1.82) is 0 Å². The maximum atomic E-state index is 12.1. The number of rotatable bonds is 3. The third-order valence-corrected chi connectivity index (χ3v) is 3.93. The zero-order valence-electron chi connectivity index (χ0n) is 10.3. The molecule has 0 saturated heterocycles. The van der Waals surface area contributed by atoms with Crippen LogP contribution in [0.1, 0.15) is 0 Å². The molecule has 100 valence electrons. The molecule has 3 aromatic rings. The molecule has 0 unspecified atom stereocenters. The summed E-state index contributed by atoms with van der Waals surface area (Å²) in [7, 11) is -3.86. The molecule has 0 aliphatic rings. The van der Waals surface area contributed by atoms with E-state index in [4.69, 9.17) is 4.18 Å². The third-order valence-electron chi connectivity index (χ3n) is 2.70. The van der Waals surface area contributed by atoms with Gasteiger partial charge in [-0.15, -0.1) is 0 Å². The lowest BCUT2D eigenvalue weighted by Gasteiger charge is -2.07. The van der Waals surface area contributed by atoms with Gasteiger partial charge in [-0.3, -0.25) is 9.97 Å². The molecule has 2 aromatic heterocycles. The van der Waals surface area contributed by atoms with Crippen molar-refractivity contribution in [2.24, 2.45) is 0 Å². The summed E-state index contributed by atoms with van der Waals surface area (Å²) in [4.78, 5) is 7.96. The lowest BCUT2D eigenvalue weighted by Crippen LogP contribution is -2.09. The first kappa shape index (κ1) is 12.6. The first-order valence-electron chi connectivity index (χ1n) is 5.84. The Kier molecular flexibility index (Phi) is 3.08. The highest BCUT2D eigenvalue weighted by Crippen LogP contribution is 2.22. The highest BCUT2D eigenvalue weighted by Gasteiger charge is 2.16. The number of hydrogen-bond acceptors (Lipinski definition) is 5. The second-order valence-corrected chi connectivity index (χ2v) is 5.63. The van der Waals surface area contributed by atoms with E-state index < -0.39 is 10.1 Å². The molecule has 0 amide bonds. The van der Waals surface area contributed by atoms with Crippen LogP contribution < -0.4 is 4.18 Å². The highest BCUT2D eigenvalue weighted by molar-refractivity contribution is 7.87. The van der Waals surface area contributed by atoms with Gasteiger partial charge in [-0.2, -0.15) is 8.42 Å². The van der Waals surface area contributed by atoms with E-state index in [0.29, 0.717) is 0 Å². The van der Waals surface area contributed by atoms with Gasteiger partial charge in [0.25, 0.3) is 0 Å². The van der Waals surface area contributed by atoms with Crippen LogP contribution >= 0.6 is 0 Å². The summed E-state index contributed by atoms with van der Waals surface area (Å²) in [5.41, 5.74) is 0.777. The lowest BCUT2D eigenvalue weighted by atomic mass is 10.2. The van der Waals surface area contributed by atoms with E-state index >= 15 is 0 Å². The van der Waals surface area contributed by atoms with Crippen molar-refractivity contribution in [2.45, 2.75) is 4.90 Å². The highest BCUT2D eigenvalue weighted by atomic mass is 32.2. The Bertz CT molecular complexity index is 848. The molecule has 0 fully saturated rings. The van der Waals surface area contributed by atoms with Crippen LogP contribution in [0.25, 0.3) is 10.9 Å². The molecular formula is C14H10N2O3S. The molecule has 3 rings (SSSR count). The van der Waals surface area contributed by atoms with E-state index in [1.165, 1.54) is 18.5 Å². The van der Waals surface area contributed by atoms with Crippen LogP contribution in [0.15, 0.2) is 66.0 Å². The van der Waals surface area contributed by atoms with Gasteiger partial charge in [-0.1, -0.05) is 6.07 Å². The van der Waals surface area contributed by atoms with Gasteiger partial charge in [0.1, 0.15) is 10.6 Å². The average Bonchev–Trinajstić information content (AvgIpc) is 2.48. The Balaban J connectivity index is 1.97. The van der Waals surface area contributed by atoms with E-state index in [9.17, 15) is 8.42 Å². The van der Waals surface area contributed by atoms with E-state index in [0.717, 1.165) is 10.9 Å². The van der Waals surface area contributed by atoms with Crippen LogP contribution in [0.5, 0.6) is 5.75 Å². The molecule has 0 spiro atoms. The van der Waals surface area contributed by atoms with Crippen LogP contribution in [-0.4, -0.2) is 18.4 Å². The number of fused-ring (bicyclic) bond motifs is 1. The fraction of sp³-hybridized carbons (Fsp3) is 0. The van der Waals surface area contributed by atoms with E-state index in [2.05, 4.69) is 9.97 Å². The summed E-state index contributed by atoms with van der Waals surface area (Å²) < 4.78 is 29.2. The van der Waals surface area contributed by atoms with E-state index in [1.54, 1.807) is 36.5 Å². The average molecular weight is 286 g/mol. The molecule has 5 nitrogen and oxygen atoms in total. The summed E-state index contributed by atoms with van der Waals surface area (Å²) in [6, 6.07) is 11.5. The zero-order chi connectivity index (χ0) is 14.0. The summed E-state index contributed by atoms with van der Waals surface area (Å²) in [5.74, 6) is 0.245. The van der Waals surface area contributed by atoms with Crippen molar-refractivity contribution in [3.8, 4) is 5.75 Å². The predicted molar refractivity (Wildman–Crippen MR) is 73.8 cm³/mol. The van der Waals surface area contributed by atoms with Crippen molar-refractivity contribution in [2.75, 3.05) is 0 Å². The SMILES string of the molecule is O=S(=O)(Oc1ccc2ncccc2c1)c1cccnc1. The van der Waals surface area contributed by atoms with Gasteiger partial charge in [-0.05, 0) is 36.4 Å². The van der Waals surface area contributed by atoms with Gasteiger partial charge in [-0.25, -0.2) is 0 Å². The minimum absolute atomic E-state index is 0.0197. The molecule has 1 aromatic carbocycles. The molecule has 6 heteroatoms. The van der Waals surface area contributed by atoms with Gasteiger partial charge in [0.15, 0.2) is 0 Å². The molecule has 0 aliphatic heterocycles. The molecule has 0 N–H and O–H groups in total. The Labute approximate surface area is 116 Å². The summed E-state index contributed by atoms with van der Waals surface area (Å²) in [6.07, 6.45) is 4.42. The Morgan fingerprint density at radius 3 is 2.65 bits per heavy atom. The number of benzene rings is 1. The van der Waals surface area contributed by atoms with Crippen LogP contribution in [-0.2, 0) is 10.1 Å². The molecule has 20 heavy (non-hydrogen) atoms. The van der Waals surface area contributed by atoms with Crippen LogP contribution in [0, 0.1) is 0 Å². The fourth-order valence-corrected chi connectivity index (χ4v) is 2.66. The van der Waals surface area contributed by atoms with Crippen LogP contribution in [0.3, 0.4) is 0 Å². The van der Waals surface area contributed by atoms with Gasteiger partial charge in [0.2, 0.25) is 0 Å². The molecule has 0 atom stereocenters. The van der Waals surface area contributed by atoms with Crippen molar-refractivity contribution in [3.05, 3.63) is 61.1 Å². The van der Waals surface area contributed by atoms with Crippen molar-refractivity contribution >= 4 is 21.0 Å². The topological polar surface area (TPSA) is 69.2 Å². The van der Waals surface area contributed by atoms with E-state index in [-0.39, 0.29) is 10.6 Å². The minimum Gasteiger partial charge on any atom is -0.379 e. The Morgan fingerprint density at radius 1 is 1.00 bits per heavy atom. The maximum absolute atomic E-state index is 12.1. The molecule has 2 heterocycles. The summed E-state index contributed by atoms with van der Waals surface area (Å²) in [5, 5.41) is 0.811. The maximum Gasteiger partial charge on any atom is 0.340 e. The third kappa shape index (κ3) is 2.46. The molecule has 0 aliphatic carbocycles. The van der Waals surface area contributed by atoms with E-state index in [1.807, 2.05) is 6.07 Å². The van der Waals surface area contributed by atoms with Gasteiger partial charge in [0, 0.05) is 24.0 Å². The van der Waals surface area contributed by atoms with Crippen LogP contribution in [0.2, 0.25) is 0 Å². The quantitative estimate of drug-likeness (QED) is 0.691. The van der Waals surface area contributed by atoms with Gasteiger partial charge >= 0.3 is 10.1 Å². The summed E-state index contributed by atoms with van der Waals surface area (Å²) >= 11 is 0. The molecule has 0 bridgehead atoms. The largest absolute Gasteiger partial charge is 0.379 e. The monoisotopic (exact) mass is 286 g/mol. The first-order chi connectivity index (χ1) is 9.65. The lowest BCUT2D eigenvalue weighted by molar-refractivity contribution is 0.486. The minimum atomic E-state index is -3.86. The number of nitrogens with zero attached hydrogens (tertiary/aromatic N) is 2. The number of pyridine rings is 2.